The Morgan fingerprint density at radius 3 is 2.54 bits per heavy atom. The van der Waals surface area contributed by atoms with Crippen molar-refractivity contribution in [2.75, 3.05) is 36.5 Å². The Morgan fingerprint density at radius 1 is 0.964 bits per heavy atom. The molecule has 1 fully saturated rings. The van der Waals surface area contributed by atoms with Gasteiger partial charge in [0.2, 0.25) is 0 Å². The highest BCUT2D eigenvalue weighted by Gasteiger charge is 2.17. The number of carbonyl (C=O) groups is 1. The number of ether oxygens (including phenoxy) is 2. The van der Waals surface area contributed by atoms with E-state index in [4.69, 9.17) is 21.7 Å². The average Bonchev–Trinajstić information content (AvgIpc) is 2.74. The van der Waals surface area contributed by atoms with Crippen LogP contribution < -0.4 is 25.0 Å². The first-order valence-corrected chi connectivity index (χ1v) is 9.97. The minimum absolute atomic E-state index is 0.268. The third-order valence-electron chi connectivity index (χ3n) is 4.88. The second kappa shape index (κ2) is 8.48. The fraction of sp³-hybridized carbons (Fsp3) is 0.333. The summed E-state index contributed by atoms with van der Waals surface area (Å²) in [5, 5.41) is 6.19. The highest BCUT2D eigenvalue weighted by molar-refractivity contribution is 7.80. The fourth-order valence-electron chi connectivity index (χ4n) is 3.50. The summed E-state index contributed by atoms with van der Waals surface area (Å²) >= 11 is 5.38. The molecule has 2 aliphatic rings. The van der Waals surface area contributed by atoms with Crippen LogP contribution in [0.5, 0.6) is 11.5 Å². The summed E-state index contributed by atoms with van der Waals surface area (Å²) in [4.78, 5) is 14.9. The summed E-state index contributed by atoms with van der Waals surface area (Å²) in [6.07, 6.45) is 3.66. The number of thiocarbonyl (C=S) groups is 1. The topological polar surface area (TPSA) is 62.8 Å². The number of anilines is 2. The minimum Gasteiger partial charge on any atom is -0.486 e. The van der Waals surface area contributed by atoms with Crippen LogP contribution in [0.15, 0.2) is 42.5 Å². The molecule has 28 heavy (non-hydrogen) atoms. The Kier molecular flexibility index (Phi) is 5.62. The molecule has 6 nitrogen and oxygen atoms in total. The first-order valence-electron chi connectivity index (χ1n) is 9.57. The van der Waals surface area contributed by atoms with Gasteiger partial charge in [-0.1, -0.05) is 12.1 Å². The van der Waals surface area contributed by atoms with Crippen LogP contribution in [-0.4, -0.2) is 37.3 Å². The van der Waals surface area contributed by atoms with E-state index in [2.05, 4.69) is 21.6 Å². The smallest absolute Gasteiger partial charge is 0.257 e. The van der Waals surface area contributed by atoms with Gasteiger partial charge < -0.3 is 19.7 Å². The van der Waals surface area contributed by atoms with Crippen LogP contribution in [0.3, 0.4) is 0 Å². The summed E-state index contributed by atoms with van der Waals surface area (Å²) in [5.74, 6) is 0.942. The predicted octanol–water partition coefficient (Wildman–Crippen LogP) is 3.57. The van der Waals surface area contributed by atoms with E-state index in [1.165, 1.54) is 19.3 Å². The number of hydrogen-bond donors (Lipinski definition) is 2. The van der Waals surface area contributed by atoms with Crippen molar-refractivity contribution in [3.05, 3.63) is 48.0 Å². The van der Waals surface area contributed by atoms with Gasteiger partial charge in [0.05, 0.1) is 11.4 Å². The van der Waals surface area contributed by atoms with Crippen molar-refractivity contribution < 1.29 is 14.3 Å². The molecular formula is C21H23N3O3S. The summed E-state index contributed by atoms with van der Waals surface area (Å²) in [5.41, 5.74) is 2.48. The van der Waals surface area contributed by atoms with E-state index in [-0.39, 0.29) is 11.0 Å². The van der Waals surface area contributed by atoms with Gasteiger partial charge in [-0.25, -0.2) is 0 Å². The Balaban J connectivity index is 1.43. The SMILES string of the molecule is O=C(NC(=S)Nc1ccccc1N1CCCCC1)c1ccc2c(c1)OCCO2. The van der Waals surface area contributed by atoms with Gasteiger partial charge >= 0.3 is 0 Å². The first kappa shape index (κ1) is 18.6. The molecule has 2 aromatic rings. The van der Waals surface area contributed by atoms with E-state index in [0.29, 0.717) is 30.3 Å². The lowest BCUT2D eigenvalue weighted by molar-refractivity contribution is 0.0976. The number of benzene rings is 2. The number of rotatable bonds is 3. The van der Waals surface area contributed by atoms with Gasteiger partial charge in [0.1, 0.15) is 13.2 Å². The maximum Gasteiger partial charge on any atom is 0.257 e. The quantitative estimate of drug-likeness (QED) is 0.772. The van der Waals surface area contributed by atoms with Crippen molar-refractivity contribution in [3.8, 4) is 11.5 Å². The number of hydrogen-bond acceptors (Lipinski definition) is 5. The maximum atomic E-state index is 12.6. The molecule has 2 aliphatic heterocycles. The summed E-state index contributed by atoms with van der Waals surface area (Å²) in [6.45, 7) is 3.07. The van der Waals surface area contributed by atoms with Crippen molar-refractivity contribution in [2.24, 2.45) is 0 Å². The monoisotopic (exact) mass is 397 g/mol. The lowest BCUT2D eigenvalue weighted by Crippen LogP contribution is -2.35. The van der Waals surface area contributed by atoms with Crippen LogP contribution in [0.25, 0.3) is 0 Å². The maximum absolute atomic E-state index is 12.6. The van der Waals surface area contributed by atoms with Crippen molar-refractivity contribution >= 4 is 34.6 Å². The molecule has 0 aliphatic carbocycles. The molecule has 0 radical (unpaired) electrons. The zero-order valence-corrected chi connectivity index (χ0v) is 16.4. The van der Waals surface area contributed by atoms with Crippen molar-refractivity contribution in [1.29, 1.82) is 0 Å². The van der Waals surface area contributed by atoms with Gasteiger partial charge in [0.15, 0.2) is 16.6 Å². The zero-order chi connectivity index (χ0) is 19.3. The minimum atomic E-state index is -0.287. The normalized spacial score (nSPS) is 15.6. The average molecular weight is 398 g/mol. The number of nitrogens with zero attached hydrogens (tertiary/aromatic N) is 1. The first-order chi connectivity index (χ1) is 13.7. The van der Waals surface area contributed by atoms with Crippen molar-refractivity contribution in [2.45, 2.75) is 19.3 Å². The van der Waals surface area contributed by atoms with Crippen molar-refractivity contribution in [3.63, 3.8) is 0 Å². The van der Waals surface area contributed by atoms with Gasteiger partial charge in [-0.15, -0.1) is 0 Å². The number of carbonyl (C=O) groups excluding carboxylic acids is 1. The summed E-state index contributed by atoms with van der Waals surface area (Å²) in [6, 6.07) is 13.2. The van der Waals surface area contributed by atoms with Crippen molar-refractivity contribution in [1.82, 2.24) is 5.32 Å². The van der Waals surface area contributed by atoms with Crippen LogP contribution in [-0.2, 0) is 0 Å². The number of amides is 1. The molecule has 146 valence electrons. The lowest BCUT2D eigenvalue weighted by atomic mass is 10.1. The Morgan fingerprint density at radius 2 is 1.71 bits per heavy atom. The van der Waals surface area contributed by atoms with Gasteiger partial charge in [-0.3, -0.25) is 10.1 Å². The highest BCUT2D eigenvalue weighted by atomic mass is 32.1. The van der Waals surface area contributed by atoms with E-state index in [0.717, 1.165) is 24.5 Å². The number of fused-ring (bicyclic) bond motifs is 1. The molecule has 0 spiro atoms. The predicted molar refractivity (Wildman–Crippen MR) is 114 cm³/mol. The molecule has 7 heteroatoms. The van der Waals surface area contributed by atoms with Crippen LogP contribution in [0, 0.1) is 0 Å². The molecule has 0 atom stereocenters. The standard InChI is InChI=1S/C21H23N3O3S/c25-20(15-8-9-18-19(14-15)27-13-12-26-18)23-21(28)22-16-6-2-3-7-17(16)24-10-4-1-5-11-24/h2-3,6-9,14H,1,4-5,10-13H2,(H2,22,23,25,28). The number of piperidine rings is 1. The third kappa shape index (κ3) is 4.20. The molecule has 0 aromatic heterocycles. The molecular weight excluding hydrogens is 374 g/mol. The molecule has 1 amide bonds. The molecule has 0 unspecified atom stereocenters. The Bertz CT molecular complexity index is 881. The van der Waals surface area contributed by atoms with Crippen LogP contribution in [0.2, 0.25) is 0 Å². The van der Waals surface area contributed by atoms with E-state index >= 15 is 0 Å². The lowest BCUT2D eigenvalue weighted by Gasteiger charge is -2.30. The largest absolute Gasteiger partial charge is 0.486 e. The van der Waals surface area contributed by atoms with Gasteiger partial charge in [0.25, 0.3) is 5.91 Å². The molecule has 2 aromatic carbocycles. The summed E-state index contributed by atoms with van der Waals surface area (Å²) in [7, 11) is 0. The second-order valence-electron chi connectivity index (χ2n) is 6.83. The van der Waals surface area contributed by atoms with Gasteiger partial charge in [0, 0.05) is 18.7 Å². The summed E-state index contributed by atoms with van der Waals surface area (Å²) < 4.78 is 11.0. The number of para-hydroxylation sites is 2. The Hall–Kier alpha value is -2.80. The van der Waals surface area contributed by atoms with Gasteiger partial charge in [-0.2, -0.15) is 0 Å². The number of nitrogens with one attached hydrogen (secondary N) is 2. The molecule has 0 saturated carbocycles. The fourth-order valence-corrected chi connectivity index (χ4v) is 3.71. The molecule has 2 heterocycles. The van der Waals surface area contributed by atoms with E-state index in [1.807, 2.05) is 18.2 Å². The van der Waals surface area contributed by atoms with E-state index in [1.54, 1.807) is 18.2 Å². The highest BCUT2D eigenvalue weighted by Crippen LogP contribution is 2.31. The molecule has 2 N–H and O–H groups in total. The molecule has 1 saturated heterocycles. The van der Waals surface area contributed by atoms with Gasteiger partial charge in [-0.05, 0) is 61.8 Å². The molecule has 0 bridgehead atoms. The molecule has 4 rings (SSSR count). The zero-order valence-electron chi connectivity index (χ0n) is 15.6. The van der Waals surface area contributed by atoms with Crippen LogP contribution in [0.4, 0.5) is 11.4 Å². The van der Waals surface area contributed by atoms with Crippen LogP contribution in [0.1, 0.15) is 29.6 Å². The Labute approximate surface area is 169 Å². The second-order valence-corrected chi connectivity index (χ2v) is 7.24. The third-order valence-corrected chi connectivity index (χ3v) is 5.08. The van der Waals surface area contributed by atoms with E-state index < -0.39 is 0 Å². The van der Waals surface area contributed by atoms with Crippen LogP contribution >= 0.6 is 12.2 Å². The van der Waals surface area contributed by atoms with E-state index in [9.17, 15) is 4.79 Å².